The molecule has 29 heavy (non-hydrogen) atoms. The van der Waals surface area contributed by atoms with Crippen LogP contribution in [0.5, 0.6) is 5.75 Å². The maximum atomic E-state index is 12.9. The topological polar surface area (TPSA) is 105 Å². The lowest BCUT2D eigenvalue weighted by molar-refractivity contribution is -0.117. The summed E-state index contributed by atoms with van der Waals surface area (Å²) in [6, 6.07) is 19.4. The zero-order valence-electron chi connectivity index (χ0n) is 15.4. The zero-order valence-corrected chi connectivity index (χ0v) is 15.4. The lowest BCUT2D eigenvalue weighted by Gasteiger charge is -2.08. The molecule has 142 valence electrons. The number of rotatable bonds is 5. The first-order valence-corrected chi connectivity index (χ1v) is 8.79. The summed E-state index contributed by atoms with van der Waals surface area (Å²) in [5.41, 5.74) is 0.789. The van der Waals surface area contributed by atoms with Crippen LogP contribution in [-0.2, 0) is 4.79 Å². The van der Waals surface area contributed by atoms with Gasteiger partial charge in [-0.3, -0.25) is 9.59 Å². The molecule has 1 heterocycles. The van der Waals surface area contributed by atoms with Crippen LogP contribution in [0.15, 0.2) is 65.2 Å². The molecule has 0 saturated carbocycles. The molecule has 0 bridgehead atoms. The van der Waals surface area contributed by atoms with Crippen LogP contribution < -0.4 is 10.1 Å². The fourth-order valence-electron chi connectivity index (χ4n) is 3.19. The number of Topliss-reactive ketones (excluding diaryl/α,β-unsaturated/α-hetero) is 1. The Hall–Kier alpha value is -4.18. The Kier molecular flexibility index (Phi) is 4.67. The lowest BCUT2D eigenvalue weighted by Crippen LogP contribution is -2.29. The molecule has 4 rings (SSSR count). The summed E-state index contributed by atoms with van der Waals surface area (Å²) in [5, 5.41) is 17.8. The molecule has 7 heteroatoms. The van der Waals surface area contributed by atoms with E-state index in [9.17, 15) is 14.9 Å². The van der Waals surface area contributed by atoms with Crippen molar-refractivity contribution in [3.63, 3.8) is 0 Å². The number of methoxy groups -OCH3 is 1. The van der Waals surface area contributed by atoms with Crippen LogP contribution in [0.1, 0.15) is 10.5 Å². The molecular formula is C22H15N3O4. The summed E-state index contributed by atoms with van der Waals surface area (Å²) in [6.45, 7) is 0. The van der Waals surface area contributed by atoms with Gasteiger partial charge in [-0.1, -0.05) is 41.6 Å². The molecule has 1 unspecified atom stereocenters. The molecule has 1 amide bonds. The van der Waals surface area contributed by atoms with Gasteiger partial charge in [0.15, 0.2) is 17.2 Å². The number of nitriles is 1. The van der Waals surface area contributed by atoms with Crippen LogP contribution in [0.25, 0.3) is 21.7 Å². The van der Waals surface area contributed by atoms with E-state index in [-0.39, 0.29) is 5.69 Å². The number of anilines is 1. The van der Waals surface area contributed by atoms with E-state index < -0.39 is 17.6 Å². The second-order valence-corrected chi connectivity index (χ2v) is 6.31. The van der Waals surface area contributed by atoms with Crippen molar-refractivity contribution in [2.45, 2.75) is 0 Å². The molecule has 1 atom stereocenters. The summed E-state index contributed by atoms with van der Waals surface area (Å²) >= 11 is 0. The van der Waals surface area contributed by atoms with Gasteiger partial charge in [0.2, 0.25) is 11.7 Å². The van der Waals surface area contributed by atoms with Crippen LogP contribution in [0.3, 0.4) is 0 Å². The summed E-state index contributed by atoms with van der Waals surface area (Å²) in [7, 11) is 1.54. The Morgan fingerprint density at radius 2 is 1.90 bits per heavy atom. The average molecular weight is 385 g/mol. The molecule has 0 radical (unpaired) electrons. The molecule has 1 aromatic heterocycles. The number of aromatic nitrogens is 1. The Labute approximate surface area is 165 Å². The number of hydrogen-bond acceptors (Lipinski definition) is 6. The van der Waals surface area contributed by atoms with Crippen molar-refractivity contribution in [1.29, 1.82) is 5.26 Å². The predicted octanol–water partition coefficient (Wildman–Crippen LogP) is 3.95. The number of benzene rings is 3. The summed E-state index contributed by atoms with van der Waals surface area (Å²) < 4.78 is 10.8. The maximum Gasteiger partial charge on any atom is 0.249 e. The average Bonchev–Trinajstić information content (AvgIpc) is 3.18. The molecule has 0 aliphatic carbocycles. The van der Waals surface area contributed by atoms with E-state index in [1.807, 2.05) is 12.1 Å². The molecule has 3 aromatic carbocycles. The maximum absolute atomic E-state index is 12.9. The van der Waals surface area contributed by atoms with Crippen LogP contribution >= 0.6 is 0 Å². The van der Waals surface area contributed by atoms with E-state index in [1.165, 1.54) is 7.11 Å². The first-order valence-electron chi connectivity index (χ1n) is 8.79. The van der Waals surface area contributed by atoms with E-state index >= 15 is 0 Å². The van der Waals surface area contributed by atoms with Gasteiger partial charge in [0, 0.05) is 5.69 Å². The number of hydrogen-bond donors (Lipinski definition) is 1. The van der Waals surface area contributed by atoms with Crippen molar-refractivity contribution in [2.24, 2.45) is 5.92 Å². The SMILES string of the molecule is COc1cccc2ccc3c(C(=O)C(C#N)C(=O)Nc4ccccc4)noc3c12. The van der Waals surface area contributed by atoms with Gasteiger partial charge in [0.1, 0.15) is 5.75 Å². The van der Waals surface area contributed by atoms with Crippen LogP contribution in [0.2, 0.25) is 0 Å². The highest BCUT2D eigenvalue weighted by molar-refractivity contribution is 6.21. The number of carbonyl (C=O) groups is 2. The Bertz CT molecular complexity index is 1270. The van der Waals surface area contributed by atoms with Gasteiger partial charge < -0.3 is 14.6 Å². The van der Waals surface area contributed by atoms with Crippen molar-refractivity contribution in [3.05, 3.63) is 66.4 Å². The molecule has 0 aliphatic heterocycles. The smallest absolute Gasteiger partial charge is 0.249 e. The minimum absolute atomic E-state index is 0.0671. The summed E-state index contributed by atoms with van der Waals surface area (Å²) in [5.74, 6) is -2.44. The Balaban J connectivity index is 1.73. The van der Waals surface area contributed by atoms with Crippen molar-refractivity contribution in [2.75, 3.05) is 12.4 Å². The second kappa shape index (κ2) is 7.44. The van der Waals surface area contributed by atoms with Crippen molar-refractivity contribution in [1.82, 2.24) is 5.16 Å². The highest BCUT2D eigenvalue weighted by Gasteiger charge is 2.32. The third kappa shape index (κ3) is 3.17. The summed E-state index contributed by atoms with van der Waals surface area (Å²) in [6.07, 6.45) is 0. The van der Waals surface area contributed by atoms with E-state index in [0.29, 0.717) is 27.8 Å². The van der Waals surface area contributed by atoms with E-state index in [1.54, 1.807) is 54.6 Å². The number of para-hydroxylation sites is 1. The highest BCUT2D eigenvalue weighted by atomic mass is 16.5. The molecule has 4 aromatic rings. The zero-order chi connectivity index (χ0) is 20.4. The number of nitrogens with one attached hydrogen (secondary N) is 1. The van der Waals surface area contributed by atoms with Gasteiger partial charge in [-0.05, 0) is 29.7 Å². The van der Waals surface area contributed by atoms with Crippen LogP contribution in [0, 0.1) is 17.2 Å². The first-order chi connectivity index (χ1) is 14.1. The van der Waals surface area contributed by atoms with Crippen LogP contribution in [-0.4, -0.2) is 24.0 Å². The largest absolute Gasteiger partial charge is 0.496 e. The van der Waals surface area contributed by atoms with Crippen LogP contribution in [0.4, 0.5) is 5.69 Å². The number of fused-ring (bicyclic) bond motifs is 3. The molecule has 0 saturated heterocycles. The predicted molar refractivity (Wildman–Crippen MR) is 107 cm³/mol. The molecular weight excluding hydrogens is 370 g/mol. The minimum Gasteiger partial charge on any atom is -0.496 e. The number of nitrogens with zero attached hydrogens (tertiary/aromatic N) is 2. The normalized spacial score (nSPS) is 11.7. The van der Waals surface area contributed by atoms with Gasteiger partial charge in [-0.2, -0.15) is 5.26 Å². The Morgan fingerprint density at radius 1 is 1.10 bits per heavy atom. The fourth-order valence-corrected chi connectivity index (χ4v) is 3.19. The van der Waals surface area contributed by atoms with E-state index in [4.69, 9.17) is 9.26 Å². The fraction of sp³-hybridized carbons (Fsp3) is 0.0909. The quantitative estimate of drug-likeness (QED) is 0.412. The van der Waals surface area contributed by atoms with Gasteiger partial charge in [-0.25, -0.2) is 0 Å². The minimum atomic E-state index is -1.56. The first kappa shape index (κ1) is 18.2. The standard InChI is InChI=1S/C22H15N3O4/c1-28-17-9-5-6-13-10-11-15-19(25-29-21(15)18(13)17)20(26)16(12-23)22(27)24-14-7-3-2-4-8-14/h2-11,16H,1H3,(H,24,27). The molecule has 0 fully saturated rings. The summed E-state index contributed by atoms with van der Waals surface area (Å²) in [4.78, 5) is 25.4. The third-order valence-corrected chi connectivity index (χ3v) is 4.59. The van der Waals surface area contributed by atoms with Crippen molar-refractivity contribution in [3.8, 4) is 11.8 Å². The van der Waals surface area contributed by atoms with Gasteiger partial charge in [0.05, 0.1) is 24.0 Å². The van der Waals surface area contributed by atoms with E-state index in [2.05, 4.69) is 10.5 Å². The monoisotopic (exact) mass is 385 g/mol. The third-order valence-electron chi connectivity index (χ3n) is 4.59. The molecule has 1 N–H and O–H groups in total. The number of ether oxygens (including phenoxy) is 1. The van der Waals surface area contributed by atoms with Gasteiger partial charge >= 0.3 is 0 Å². The van der Waals surface area contributed by atoms with E-state index in [0.717, 1.165) is 5.39 Å². The lowest BCUT2D eigenvalue weighted by atomic mass is 9.98. The van der Waals surface area contributed by atoms with Crippen molar-refractivity contribution >= 4 is 39.1 Å². The molecule has 0 spiro atoms. The second-order valence-electron chi connectivity index (χ2n) is 6.31. The van der Waals surface area contributed by atoms with Crippen molar-refractivity contribution < 1.29 is 18.8 Å². The number of amides is 1. The highest BCUT2D eigenvalue weighted by Crippen LogP contribution is 2.34. The molecule has 7 nitrogen and oxygen atoms in total. The number of carbonyl (C=O) groups excluding carboxylic acids is 2. The van der Waals surface area contributed by atoms with Gasteiger partial charge in [0.25, 0.3) is 0 Å². The van der Waals surface area contributed by atoms with Gasteiger partial charge in [-0.15, -0.1) is 0 Å². The Morgan fingerprint density at radius 3 is 2.62 bits per heavy atom. The number of ketones is 1. The molecule has 0 aliphatic rings.